The largest absolute Gasteiger partial charge is 0.337 e. The smallest absolute Gasteiger partial charge is 0.228 e. The second-order valence-corrected chi connectivity index (χ2v) is 11.1. The van der Waals surface area contributed by atoms with Gasteiger partial charge in [-0.05, 0) is 54.4 Å². The lowest BCUT2D eigenvalue weighted by atomic mass is 10.0. The third kappa shape index (κ3) is 5.06. The van der Waals surface area contributed by atoms with Crippen molar-refractivity contribution in [2.45, 2.75) is 13.3 Å². The number of nitrogens with zero attached hydrogens (tertiary/aromatic N) is 4. The Hall–Kier alpha value is -5.55. The molecule has 2 aromatic carbocycles. The summed E-state index contributed by atoms with van der Waals surface area (Å²) in [7, 11) is 0. The Morgan fingerprint density at radius 1 is 0.977 bits per heavy atom. The van der Waals surface area contributed by atoms with Gasteiger partial charge in [0, 0.05) is 23.3 Å². The second kappa shape index (κ2) is 10.7. The number of nitrogens with one attached hydrogen (secondary N) is 3. The fourth-order valence-electron chi connectivity index (χ4n) is 4.96. The Morgan fingerprint density at radius 2 is 1.84 bits per heavy atom. The molecule has 0 unspecified atom stereocenters. The molecule has 0 saturated heterocycles. The lowest BCUT2D eigenvalue weighted by Gasteiger charge is -2.08. The predicted octanol–water partition coefficient (Wildman–Crippen LogP) is 6.81. The maximum absolute atomic E-state index is 15.3. The zero-order valence-electron chi connectivity index (χ0n) is 22.7. The number of fused-ring (bicyclic) bond motifs is 2. The van der Waals surface area contributed by atoms with Crippen molar-refractivity contribution >= 4 is 50.7 Å². The van der Waals surface area contributed by atoms with Crippen LogP contribution in [0.4, 0.5) is 10.1 Å². The number of thiophene rings is 1. The van der Waals surface area contributed by atoms with Crippen LogP contribution in [-0.2, 0) is 11.2 Å². The normalized spacial score (nSPS) is 11.3. The van der Waals surface area contributed by atoms with E-state index < -0.39 is 5.82 Å². The highest BCUT2D eigenvalue weighted by atomic mass is 32.1. The lowest BCUT2D eigenvalue weighted by molar-refractivity contribution is -0.115. The van der Waals surface area contributed by atoms with Crippen LogP contribution in [0.3, 0.4) is 0 Å². The molecule has 0 aliphatic rings. The molecule has 1 amide bonds. The molecule has 3 N–H and O–H groups in total. The van der Waals surface area contributed by atoms with Gasteiger partial charge in [-0.15, -0.1) is 11.3 Å². The van der Waals surface area contributed by atoms with Gasteiger partial charge in [-0.1, -0.05) is 30.3 Å². The summed E-state index contributed by atoms with van der Waals surface area (Å²) in [6.45, 7) is 1.53. The average molecular weight is 588 g/mol. The molecule has 0 fully saturated rings. The van der Waals surface area contributed by atoms with Gasteiger partial charge in [0.25, 0.3) is 0 Å². The molecular weight excluding hydrogens is 565 g/mol. The Balaban J connectivity index is 1.23. The van der Waals surface area contributed by atoms with E-state index in [0.29, 0.717) is 49.8 Å². The molecule has 0 aliphatic heterocycles. The van der Waals surface area contributed by atoms with Crippen LogP contribution in [0.5, 0.6) is 0 Å². The molecule has 11 heteroatoms. The number of Topliss-reactive ketones (excluding diaryl/α,β-unsaturated/α-hetero) is 1. The highest BCUT2D eigenvalue weighted by molar-refractivity contribution is 7.17. The molecule has 5 heterocycles. The van der Waals surface area contributed by atoms with Gasteiger partial charge in [-0.2, -0.15) is 5.10 Å². The summed E-state index contributed by atoms with van der Waals surface area (Å²) in [6.07, 6.45) is 5.07. The minimum absolute atomic E-state index is 0.0109. The first-order valence-electron chi connectivity index (χ1n) is 13.4. The number of rotatable bonds is 7. The molecule has 0 spiro atoms. The maximum atomic E-state index is 15.3. The first kappa shape index (κ1) is 26.4. The summed E-state index contributed by atoms with van der Waals surface area (Å²) < 4.78 is 15.3. The van der Waals surface area contributed by atoms with E-state index in [2.05, 4.69) is 30.5 Å². The second-order valence-electron chi connectivity index (χ2n) is 9.99. The molecule has 5 aromatic heterocycles. The number of carbonyl (C=O) groups excluding carboxylic acids is 2. The summed E-state index contributed by atoms with van der Waals surface area (Å²) >= 11 is 1.36. The van der Waals surface area contributed by atoms with E-state index in [1.165, 1.54) is 24.3 Å². The van der Waals surface area contributed by atoms with Gasteiger partial charge in [-0.25, -0.2) is 9.37 Å². The lowest BCUT2D eigenvalue weighted by Crippen LogP contribution is -2.14. The molecule has 0 bridgehead atoms. The standard InChI is InChI=1S/C32H22FN7O2S/c1-17(41)25-7-8-26(43-25)31-30-24(9-10-35-31)37-32(38-30)29-22-13-19(14-23(33)28(22)39-40-29)20-12-21(16-34-15-20)36-27(42)11-18-5-3-2-4-6-18/h2-10,12-16H,11H2,1H3,(H,36,42)(H,37,38)(H,39,40). The van der Waals surface area contributed by atoms with Crippen LogP contribution in [-0.4, -0.2) is 41.8 Å². The molecular formula is C32H22FN7O2S. The first-order chi connectivity index (χ1) is 20.9. The van der Waals surface area contributed by atoms with Crippen LogP contribution < -0.4 is 5.32 Å². The summed E-state index contributed by atoms with van der Waals surface area (Å²) in [5.41, 5.74) is 5.27. The van der Waals surface area contributed by atoms with Gasteiger partial charge >= 0.3 is 0 Å². The number of imidazole rings is 1. The highest BCUT2D eigenvalue weighted by Crippen LogP contribution is 2.35. The monoisotopic (exact) mass is 587 g/mol. The third-order valence-corrected chi connectivity index (χ3v) is 8.19. The van der Waals surface area contributed by atoms with Crippen molar-refractivity contribution in [3.63, 3.8) is 0 Å². The van der Waals surface area contributed by atoms with Crippen LogP contribution in [0.25, 0.3) is 55.2 Å². The zero-order valence-corrected chi connectivity index (χ0v) is 23.5. The van der Waals surface area contributed by atoms with Crippen LogP contribution in [0.15, 0.2) is 85.3 Å². The van der Waals surface area contributed by atoms with Crippen LogP contribution in [0, 0.1) is 5.82 Å². The first-order valence-corrected chi connectivity index (χ1v) is 14.2. The van der Waals surface area contributed by atoms with Crippen LogP contribution in [0.2, 0.25) is 0 Å². The number of aromatic amines is 2. The maximum Gasteiger partial charge on any atom is 0.228 e. The van der Waals surface area contributed by atoms with E-state index in [1.807, 2.05) is 48.5 Å². The number of anilines is 1. The van der Waals surface area contributed by atoms with Gasteiger partial charge in [-0.3, -0.25) is 24.7 Å². The number of carbonyl (C=O) groups is 2. The van der Waals surface area contributed by atoms with E-state index >= 15 is 4.39 Å². The molecule has 43 heavy (non-hydrogen) atoms. The number of aromatic nitrogens is 6. The summed E-state index contributed by atoms with van der Waals surface area (Å²) in [5, 5.41) is 10.5. The summed E-state index contributed by atoms with van der Waals surface area (Å²) in [4.78, 5) is 42.8. The van der Waals surface area contributed by atoms with Crippen molar-refractivity contribution in [1.29, 1.82) is 0 Å². The van der Waals surface area contributed by atoms with Gasteiger partial charge in [0.2, 0.25) is 5.91 Å². The van der Waals surface area contributed by atoms with Crippen molar-refractivity contribution in [2.24, 2.45) is 0 Å². The number of amides is 1. The number of ketones is 1. The average Bonchev–Trinajstić information content (AvgIpc) is 3.76. The minimum Gasteiger partial charge on any atom is -0.337 e. The highest BCUT2D eigenvalue weighted by Gasteiger charge is 2.19. The molecule has 0 aliphatic carbocycles. The van der Waals surface area contributed by atoms with Crippen LogP contribution in [0.1, 0.15) is 22.2 Å². The van der Waals surface area contributed by atoms with E-state index in [9.17, 15) is 9.59 Å². The van der Waals surface area contributed by atoms with Gasteiger partial charge < -0.3 is 10.3 Å². The fraction of sp³-hybridized carbons (Fsp3) is 0.0625. The Bertz CT molecular complexity index is 2170. The zero-order chi connectivity index (χ0) is 29.5. The molecule has 0 atom stereocenters. The molecule has 9 nitrogen and oxygen atoms in total. The van der Waals surface area contributed by atoms with E-state index in [1.54, 1.807) is 30.7 Å². The molecule has 0 radical (unpaired) electrons. The van der Waals surface area contributed by atoms with Crippen molar-refractivity contribution in [1.82, 2.24) is 30.1 Å². The van der Waals surface area contributed by atoms with Crippen molar-refractivity contribution in [3.8, 4) is 33.2 Å². The van der Waals surface area contributed by atoms with Gasteiger partial charge in [0.05, 0.1) is 33.6 Å². The Morgan fingerprint density at radius 3 is 2.65 bits per heavy atom. The van der Waals surface area contributed by atoms with E-state index in [4.69, 9.17) is 4.98 Å². The summed E-state index contributed by atoms with van der Waals surface area (Å²) in [5.74, 6) is -0.236. The molecule has 0 saturated carbocycles. The van der Waals surface area contributed by atoms with Gasteiger partial charge in [0.1, 0.15) is 22.4 Å². The fourth-order valence-corrected chi connectivity index (χ4v) is 5.86. The topological polar surface area (TPSA) is 129 Å². The van der Waals surface area contributed by atoms with Gasteiger partial charge in [0.15, 0.2) is 17.4 Å². The van der Waals surface area contributed by atoms with Crippen molar-refractivity contribution in [3.05, 3.63) is 102 Å². The third-order valence-electron chi connectivity index (χ3n) is 7.00. The number of hydrogen-bond donors (Lipinski definition) is 3. The minimum atomic E-state index is -0.512. The van der Waals surface area contributed by atoms with E-state index in [-0.39, 0.29) is 23.6 Å². The molecule has 7 rings (SSSR count). The van der Waals surface area contributed by atoms with Crippen molar-refractivity contribution in [2.75, 3.05) is 5.32 Å². The summed E-state index contributed by atoms with van der Waals surface area (Å²) in [6, 6.07) is 19.9. The number of H-pyrrole nitrogens is 2. The quantitative estimate of drug-likeness (QED) is 0.176. The molecule has 210 valence electrons. The van der Waals surface area contributed by atoms with Crippen molar-refractivity contribution < 1.29 is 14.0 Å². The number of benzene rings is 2. The SMILES string of the molecule is CC(=O)c1ccc(-c2nccc3[nH]c(-c4[nH]nc5c(F)cc(-c6cncc(NC(=O)Cc7ccccc7)c6)cc45)nc23)s1. The van der Waals surface area contributed by atoms with E-state index in [0.717, 1.165) is 16.0 Å². The van der Waals surface area contributed by atoms with Crippen LogP contribution >= 0.6 is 11.3 Å². The molecule has 7 aromatic rings. The predicted molar refractivity (Wildman–Crippen MR) is 164 cm³/mol. The Kier molecular flexibility index (Phi) is 6.55. The number of pyridine rings is 2. The number of hydrogen-bond acceptors (Lipinski definition) is 7. The number of halogens is 1. The Labute approximate surface area is 247 Å².